The third-order valence-electron chi connectivity index (χ3n) is 2.95. The Bertz CT molecular complexity index is 516. The van der Waals surface area contributed by atoms with E-state index in [-0.39, 0.29) is 12.1 Å². The first kappa shape index (κ1) is 12.1. The summed E-state index contributed by atoms with van der Waals surface area (Å²) in [7, 11) is 0. The van der Waals surface area contributed by atoms with Crippen LogP contribution in [0.3, 0.4) is 0 Å². The van der Waals surface area contributed by atoms with Crippen molar-refractivity contribution in [2.45, 2.75) is 32.9 Å². The van der Waals surface area contributed by atoms with E-state index in [1.165, 1.54) is 5.56 Å². The van der Waals surface area contributed by atoms with Crippen LogP contribution in [0.4, 0.5) is 0 Å². The molecule has 0 aliphatic carbocycles. The number of hydrogen-bond acceptors (Lipinski definition) is 3. The second kappa shape index (κ2) is 4.47. The van der Waals surface area contributed by atoms with E-state index in [2.05, 4.69) is 27.7 Å². The lowest BCUT2D eigenvalue weighted by atomic mass is 10.1. The fourth-order valence-corrected chi connectivity index (χ4v) is 1.72. The van der Waals surface area contributed by atoms with Crippen molar-refractivity contribution >= 4 is 5.65 Å². The third kappa shape index (κ3) is 2.48. The predicted molar refractivity (Wildman–Crippen MR) is 67.9 cm³/mol. The molecule has 2 N–H and O–H groups in total. The summed E-state index contributed by atoms with van der Waals surface area (Å²) in [6.07, 6.45) is 3.89. The molecule has 2 rings (SSSR count). The van der Waals surface area contributed by atoms with Crippen molar-refractivity contribution in [3.05, 3.63) is 35.8 Å². The normalized spacial score (nSPS) is 12.2. The summed E-state index contributed by atoms with van der Waals surface area (Å²) in [5.41, 5.74) is 2.99. The number of nitrogens with zero attached hydrogens (tertiary/aromatic N) is 2. The van der Waals surface area contributed by atoms with Crippen LogP contribution < -0.4 is 5.32 Å². The fourth-order valence-electron chi connectivity index (χ4n) is 1.72. The van der Waals surface area contributed by atoms with Crippen molar-refractivity contribution in [1.29, 1.82) is 0 Å². The summed E-state index contributed by atoms with van der Waals surface area (Å²) in [5.74, 6) is 0. The van der Waals surface area contributed by atoms with Gasteiger partial charge in [0.1, 0.15) is 5.65 Å². The fraction of sp³-hybridized carbons (Fsp3) is 0.462. The molecule has 17 heavy (non-hydrogen) atoms. The molecule has 0 aliphatic heterocycles. The van der Waals surface area contributed by atoms with Crippen LogP contribution >= 0.6 is 0 Å². The first-order valence-corrected chi connectivity index (χ1v) is 5.81. The molecule has 0 saturated heterocycles. The maximum Gasteiger partial charge on any atom is 0.139 e. The minimum absolute atomic E-state index is 0.114. The minimum Gasteiger partial charge on any atom is -0.394 e. The highest BCUT2D eigenvalue weighted by atomic mass is 16.3. The zero-order chi connectivity index (χ0) is 12.5. The van der Waals surface area contributed by atoms with Gasteiger partial charge in [-0.3, -0.25) is 0 Å². The predicted octanol–water partition coefficient (Wildman–Crippen LogP) is 1.50. The lowest BCUT2D eigenvalue weighted by molar-refractivity contribution is 0.187. The van der Waals surface area contributed by atoms with E-state index in [0.29, 0.717) is 6.54 Å². The molecule has 0 radical (unpaired) electrons. The Labute approximate surface area is 101 Å². The van der Waals surface area contributed by atoms with Crippen molar-refractivity contribution in [2.75, 3.05) is 6.61 Å². The van der Waals surface area contributed by atoms with Crippen molar-refractivity contribution in [1.82, 2.24) is 14.7 Å². The van der Waals surface area contributed by atoms with Gasteiger partial charge in [0.2, 0.25) is 0 Å². The number of nitrogens with one attached hydrogen (secondary N) is 1. The Morgan fingerprint density at radius 3 is 2.94 bits per heavy atom. The molecule has 4 heteroatoms. The van der Waals surface area contributed by atoms with Gasteiger partial charge in [-0.25, -0.2) is 4.98 Å². The highest BCUT2D eigenvalue weighted by Crippen LogP contribution is 2.11. The van der Waals surface area contributed by atoms with Gasteiger partial charge in [-0.2, -0.15) is 0 Å². The number of hydrogen-bond donors (Lipinski definition) is 2. The molecule has 92 valence electrons. The smallest absolute Gasteiger partial charge is 0.139 e. The number of fused-ring (bicyclic) bond motifs is 1. The molecular weight excluding hydrogens is 214 g/mol. The van der Waals surface area contributed by atoms with Gasteiger partial charge >= 0.3 is 0 Å². The van der Waals surface area contributed by atoms with Crippen LogP contribution in [0.15, 0.2) is 24.5 Å². The van der Waals surface area contributed by atoms with Crippen LogP contribution in [0.1, 0.15) is 25.1 Å². The molecule has 4 nitrogen and oxygen atoms in total. The second-order valence-electron chi connectivity index (χ2n) is 5.03. The zero-order valence-corrected chi connectivity index (χ0v) is 10.6. The second-order valence-corrected chi connectivity index (χ2v) is 5.03. The number of aliphatic hydroxyl groups is 1. The van der Waals surface area contributed by atoms with Gasteiger partial charge in [-0.05, 0) is 32.4 Å². The SMILES string of the molecule is Cc1cccn2c(CNC(C)(C)CO)cnc12. The van der Waals surface area contributed by atoms with Crippen molar-refractivity contribution < 1.29 is 5.11 Å². The highest BCUT2D eigenvalue weighted by molar-refractivity contribution is 5.48. The zero-order valence-electron chi connectivity index (χ0n) is 10.6. The molecular formula is C13H19N3O. The van der Waals surface area contributed by atoms with Crippen LogP contribution in [0.5, 0.6) is 0 Å². The molecule has 2 aromatic heterocycles. The Morgan fingerprint density at radius 1 is 1.47 bits per heavy atom. The average Bonchev–Trinajstić information content (AvgIpc) is 2.71. The van der Waals surface area contributed by atoms with Crippen LogP contribution in [-0.2, 0) is 6.54 Å². The molecule has 0 saturated carbocycles. The lowest BCUT2D eigenvalue weighted by Crippen LogP contribution is -2.42. The van der Waals surface area contributed by atoms with Crippen LogP contribution in [0.25, 0.3) is 5.65 Å². The molecule has 0 bridgehead atoms. The van der Waals surface area contributed by atoms with E-state index in [0.717, 1.165) is 11.3 Å². The van der Waals surface area contributed by atoms with Gasteiger partial charge in [0.25, 0.3) is 0 Å². The van der Waals surface area contributed by atoms with Crippen molar-refractivity contribution in [2.24, 2.45) is 0 Å². The Hall–Kier alpha value is -1.39. The van der Waals surface area contributed by atoms with E-state index >= 15 is 0 Å². The van der Waals surface area contributed by atoms with E-state index in [4.69, 9.17) is 0 Å². The molecule has 0 aromatic carbocycles. The minimum atomic E-state index is -0.270. The quantitative estimate of drug-likeness (QED) is 0.841. The lowest BCUT2D eigenvalue weighted by Gasteiger charge is -2.23. The van der Waals surface area contributed by atoms with Crippen LogP contribution in [0.2, 0.25) is 0 Å². The largest absolute Gasteiger partial charge is 0.394 e. The van der Waals surface area contributed by atoms with Crippen molar-refractivity contribution in [3.8, 4) is 0 Å². The first-order valence-electron chi connectivity index (χ1n) is 5.81. The standard InChI is InChI=1S/C13H19N3O/c1-10-5-4-6-16-11(7-14-12(10)16)8-15-13(2,3)9-17/h4-7,15,17H,8-9H2,1-3H3. The third-order valence-corrected chi connectivity index (χ3v) is 2.95. The number of rotatable bonds is 4. The topological polar surface area (TPSA) is 49.6 Å². The van der Waals surface area contributed by atoms with Crippen LogP contribution in [0, 0.1) is 6.92 Å². The van der Waals surface area contributed by atoms with E-state index in [1.54, 1.807) is 0 Å². The van der Waals surface area contributed by atoms with Gasteiger partial charge in [-0.1, -0.05) is 6.07 Å². The van der Waals surface area contributed by atoms with Gasteiger partial charge in [0.05, 0.1) is 18.5 Å². The summed E-state index contributed by atoms with van der Waals surface area (Å²) >= 11 is 0. The number of pyridine rings is 1. The summed E-state index contributed by atoms with van der Waals surface area (Å²) in [6, 6.07) is 4.07. The monoisotopic (exact) mass is 233 g/mol. The Morgan fingerprint density at radius 2 is 2.24 bits per heavy atom. The Kier molecular flexibility index (Phi) is 3.17. The molecule has 0 unspecified atom stereocenters. The summed E-state index contributed by atoms with van der Waals surface area (Å²) in [4.78, 5) is 4.41. The number of aliphatic hydroxyl groups excluding tert-OH is 1. The maximum atomic E-state index is 9.20. The van der Waals surface area contributed by atoms with Gasteiger partial charge < -0.3 is 14.8 Å². The van der Waals surface area contributed by atoms with E-state index in [9.17, 15) is 5.11 Å². The number of aryl methyl sites for hydroxylation is 1. The van der Waals surface area contributed by atoms with Crippen molar-refractivity contribution in [3.63, 3.8) is 0 Å². The van der Waals surface area contributed by atoms with Gasteiger partial charge in [0.15, 0.2) is 0 Å². The van der Waals surface area contributed by atoms with E-state index < -0.39 is 0 Å². The summed E-state index contributed by atoms with van der Waals surface area (Å²) < 4.78 is 2.08. The molecule has 2 aromatic rings. The molecule has 0 amide bonds. The maximum absolute atomic E-state index is 9.20. The summed E-state index contributed by atoms with van der Waals surface area (Å²) in [6.45, 7) is 6.81. The highest BCUT2D eigenvalue weighted by Gasteiger charge is 2.16. The molecule has 2 heterocycles. The van der Waals surface area contributed by atoms with Gasteiger partial charge in [-0.15, -0.1) is 0 Å². The Balaban J connectivity index is 2.23. The molecule has 0 aliphatic rings. The van der Waals surface area contributed by atoms with Crippen LogP contribution in [-0.4, -0.2) is 26.6 Å². The molecule has 0 fully saturated rings. The van der Waals surface area contributed by atoms with Gasteiger partial charge in [0, 0.05) is 18.3 Å². The molecule has 0 atom stereocenters. The summed E-state index contributed by atoms with van der Waals surface area (Å²) in [5, 5.41) is 12.5. The number of imidazole rings is 1. The molecule has 0 spiro atoms. The average molecular weight is 233 g/mol. The van der Waals surface area contributed by atoms with E-state index in [1.807, 2.05) is 32.3 Å². The first-order chi connectivity index (χ1) is 8.03. The number of aromatic nitrogens is 2.